The monoisotopic (exact) mass is 383 g/mol. The van der Waals surface area contributed by atoms with Crippen molar-refractivity contribution in [3.8, 4) is 0 Å². The molecule has 0 spiro atoms. The number of amides is 3. The molecule has 0 radical (unpaired) electrons. The largest absolute Gasteiger partial charge is 0.452 e. The zero-order valence-electron chi connectivity index (χ0n) is 14.1. The Bertz CT molecular complexity index is 768. The molecular formula is C16H21N3O6S. The van der Waals surface area contributed by atoms with E-state index in [1.807, 2.05) is 0 Å². The minimum Gasteiger partial charge on any atom is -0.452 e. The van der Waals surface area contributed by atoms with Crippen molar-refractivity contribution in [3.63, 3.8) is 0 Å². The van der Waals surface area contributed by atoms with Crippen molar-refractivity contribution in [1.29, 1.82) is 0 Å². The maximum Gasteiger partial charge on any atom is 0.338 e. The highest BCUT2D eigenvalue weighted by atomic mass is 32.2. The van der Waals surface area contributed by atoms with E-state index >= 15 is 0 Å². The molecule has 142 valence electrons. The first kappa shape index (κ1) is 19.9. The van der Waals surface area contributed by atoms with Gasteiger partial charge in [-0.2, -0.15) is 4.31 Å². The van der Waals surface area contributed by atoms with Crippen LogP contribution < -0.4 is 11.1 Å². The molecule has 1 aromatic carbocycles. The second-order valence-electron chi connectivity index (χ2n) is 5.83. The summed E-state index contributed by atoms with van der Waals surface area (Å²) in [6, 6.07) is 4.26. The first-order valence-corrected chi connectivity index (χ1v) is 9.61. The van der Waals surface area contributed by atoms with Gasteiger partial charge in [0.2, 0.25) is 10.0 Å². The van der Waals surface area contributed by atoms with Gasteiger partial charge in [-0.1, -0.05) is 12.8 Å². The Balaban J connectivity index is 2.01. The fourth-order valence-corrected chi connectivity index (χ4v) is 4.10. The number of sulfonamides is 1. The molecule has 1 fully saturated rings. The number of nitrogens with zero attached hydrogens (tertiary/aromatic N) is 1. The highest BCUT2D eigenvalue weighted by Gasteiger charge is 2.25. The SMILES string of the molecule is NC(=O)NC(=O)COC(=O)c1ccc(S(=O)(=O)N2CCCCCC2)cc1. The lowest BCUT2D eigenvalue weighted by atomic mass is 10.2. The molecule has 1 aromatic rings. The second kappa shape index (κ2) is 8.77. The minimum atomic E-state index is -3.60. The van der Waals surface area contributed by atoms with Gasteiger partial charge >= 0.3 is 12.0 Å². The summed E-state index contributed by atoms with van der Waals surface area (Å²) in [5.41, 5.74) is 4.86. The summed E-state index contributed by atoms with van der Waals surface area (Å²) in [6.45, 7) is 0.303. The molecule has 3 N–H and O–H groups in total. The summed E-state index contributed by atoms with van der Waals surface area (Å²) in [7, 11) is -3.60. The van der Waals surface area contributed by atoms with Crippen LogP contribution in [0.4, 0.5) is 4.79 Å². The molecule has 0 aliphatic carbocycles. The van der Waals surface area contributed by atoms with Gasteiger partial charge in [0.15, 0.2) is 6.61 Å². The van der Waals surface area contributed by atoms with Gasteiger partial charge in [0, 0.05) is 13.1 Å². The van der Waals surface area contributed by atoms with Crippen LogP contribution in [0.15, 0.2) is 29.2 Å². The number of carbonyl (C=O) groups excluding carboxylic acids is 3. The van der Waals surface area contributed by atoms with Crippen LogP contribution in [0.1, 0.15) is 36.0 Å². The molecule has 0 aromatic heterocycles. The zero-order valence-corrected chi connectivity index (χ0v) is 15.0. The van der Waals surface area contributed by atoms with Crippen LogP contribution in [0, 0.1) is 0 Å². The van der Waals surface area contributed by atoms with Crippen molar-refractivity contribution >= 4 is 27.9 Å². The molecule has 0 atom stereocenters. The molecular weight excluding hydrogens is 362 g/mol. The van der Waals surface area contributed by atoms with Gasteiger partial charge < -0.3 is 10.5 Å². The molecule has 0 unspecified atom stereocenters. The summed E-state index contributed by atoms with van der Waals surface area (Å²) in [5.74, 6) is -1.67. The smallest absolute Gasteiger partial charge is 0.338 e. The fourth-order valence-electron chi connectivity index (χ4n) is 2.58. The Hall–Kier alpha value is -2.46. The molecule has 1 aliphatic heterocycles. The lowest BCUT2D eigenvalue weighted by Gasteiger charge is -2.19. The minimum absolute atomic E-state index is 0.0895. The van der Waals surface area contributed by atoms with Crippen molar-refractivity contribution in [2.45, 2.75) is 30.6 Å². The van der Waals surface area contributed by atoms with Crippen LogP contribution in [0.3, 0.4) is 0 Å². The van der Waals surface area contributed by atoms with E-state index in [-0.39, 0.29) is 10.5 Å². The Morgan fingerprint density at radius 2 is 1.62 bits per heavy atom. The predicted octanol–water partition coefficient (Wildman–Crippen LogP) is 0.603. The summed E-state index contributed by atoms with van der Waals surface area (Å²) < 4.78 is 31.5. The van der Waals surface area contributed by atoms with E-state index in [0.717, 1.165) is 25.7 Å². The Morgan fingerprint density at radius 1 is 1.04 bits per heavy atom. The van der Waals surface area contributed by atoms with Crippen LogP contribution in [-0.4, -0.2) is 50.3 Å². The molecule has 0 bridgehead atoms. The number of imide groups is 1. The standard InChI is InChI=1S/C16H21N3O6S/c17-16(22)18-14(20)11-25-15(21)12-5-7-13(8-6-12)26(23,24)19-9-3-1-2-4-10-19/h5-8H,1-4,9-11H2,(H3,17,18,20,22). The van der Waals surface area contributed by atoms with Gasteiger partial charge in [-0.25, -0.2) is 18.0 Å². The van der Waals surface area contributed by atoms with Crippen LogP contribution in [0.5, 0.6) is 0 Å². The lowest BCUT2D eigenvalue weighted by Crippen LogP contribution is -2.37. The molecule has 10 heteroatoms. The first-order chi connectivity index (χ1) is 12.3. The third kappa shape index (κ3) is 5.27. The number of esters is 1. The number of rotatable bonds is 5. The van der Waals surface area contributed by atoms with E-state index < -0.39 is 34.5 Å². The number of nitrogens with two attached hydrogens (primary N) is 1. The summed E-state index contributed by atoms with van der Waals surface area (Å²) in [5, 5.41) is 1.76. The van der Waals surface area contributed by atoms with E-state index in [9.17, 15) is 22.8 Å². The lowest BCUT2D eigenvalue weighted by molar-refractivity contribution is -0.123. The Labute approximate surface area is 151 Å². The molecule has 9 nitrogen and oxygen atoms in total. The molecule has 2 rings (SSSR count). The Morgan fingerprint density at radius 3 is 2.15 bits per heavy atom. The van der Waals surface area contributed by atoms with Crippen molar-refractivity contribution < 1.29 is 27.5 Å². The maximum absolute atomic E-state index is 12.7. The highest BCUT2D eigenvalue weighted by molar-refractivity contribution is 7.89. The highest BCUT2D eigenvalue weighted by Crippen LogP contribution is 2.20. The van der Waals surface area contributed by atoms with Crippen molar-refractivity contribution in [3.05, 3.63) is 29.8 Å². The molecule has 1 aliphatic rings. The van der Waals surface area contributed by atoms with Crippen molar-refractivity contribution in [2.24, 2.45) is 5.73 Å². The fraction of sp³-hybridized carbons (Fsp3) is 0.438. The third-order valence-electron chi connectivity index (χ3n) is 3.89. The number of primary amides is 1. The molecule has 3 amide bonds. The number of ether oxygens (including phenoxy) is 1. The van der Waals surface area contributed by atoms with Crippen LogP contribution in [0.25, 0.3) is 0 Å². The van der Waals surface area contributed by atoms with Gasteiger partial charge in [-0.3, -0.25) is 10.1 Å². The van der Waals surface area contributed by atoms with E-state index in [1.165, 1.54) is 28.6 Å². The number of benzene rings is 1. The van der Waals surface area contributed by atoms with Gasteiger partial charge in [-0.05, 0) is 37.1 Å². The number of hydrogen-bond donors (Lipinski definition) is 2. The summed E-state index contributed by atoms with van der Waals surface area (Å²) in [6.07, 6.45) is 3.69. The molecule has 26 heavy (non-hydrogen) atoms. The van der Waals surface area contributed by atoms with Crippen molar-refractivity contribution in [1.82, 2.24) is 9.62 Å². The normalized spacial score (nSPS) is 15.7. The maximum atomic E-state index is 12.7. The molecule has 1 saturated heterocycles. The van der Waals surface area contributed by atoms with Crippen molar-refractivity contribution in [2.75, 3.05) is 19.7 Å². The summed E-state index contributed by atoms with van der Waals surface area (Å²) in [4.78, 5) is 33.7. The van der Waals surface area contributed by atoms with Gasteiger partial charge in [-0.15, -0.1) is 0 Å². The average Bonchev–Trinajstić information content (AvgIpc) is 2.89. The van der Waals surface area contributed by atoms with E-state index in [2.05, 4.69) is 0 Å². The van der Waals surface area contributed by atoms with Crippen LogP contribution >= 0.6 is 0 Å². The quantitative estimate of drug-likeness (QED) is 0.715. The van der Waals surface area contributed by atoms with E-state index in [4.69, 9.17) is 10.5 Å². The molecule has 1 heterocycles. The molecule has 0 saturated carbocycles. The van der Waals surface area contributed by atoms with Crippen LogP contribution in [0.2, 0.25) is 0 Å². The third-order valence-corrected chi connectivity index (χ3v) is 5.80. The number of urea groups is 1. The zero-order chi connectivity index (χ0) is 19.2. The number of nitrogens with one attached hydrogen (secondary N) is 1. The van der Waals surface area contributed by atoms with Gasteiger partial charge in [0.1, 0.15) is 0 Å². The topological polar surface area (TPSA) is 136 Å². The Kier molecular flexibility index (Phi) is 6.70. The van der Waals surface area contributed by atoms with Gasteiger partial charge in [0.05, 0.1) is 10.5 Å². The predicted molar refractivity (Wildman–Crippen MR) is 91.7 cm³/mol. The average molecular weight is 383 g/mol. The van der Waals surface area contributed by atoms with Gasteiger partial charge in [0.25, 0.3) is 5.91 Å². The number of carbonyl (C=O) groups is 3. The van der Waals surface area contributed by atoms with E-state index in [0.29, 0.717) is 13.1 Å². The number of hydrogen-bond acceptors (Lipinski definition) is 6. The summed E-state index contributed by atoms with van der Waals surface area (Å²) >= 11 is 0. The first-order valence-electron chi connectivity index (χ1n) is 8.17. The van der Waals surface area contributed by atoms with E-state index in [1.54, 1.807) is 5.32 Å². The van der Waals surface area contributed by atoms with Crippen LogP contribution in [-0.2, 0) is 19.6 Å². The second-order valence-corrected chi connectivity index (χ2v) is 7.77.